The summed E-state index contributed by atoms with van der Waals surface area (Å²) in [5.74, 6) is 0.0632. The predicted octanol–water partition coefficient (Wildman–Crippen LogP) is 3.02. The second kappa shape index (κ2) is 6.25. The molecule has 0 aliphatic heterocycles. The maximum atomic E-state index is 11.9. The van der Waals surface area contributed by atoms with Crippen LogP contribution in [0, 0.1) is 0 Å². The van der Waals surface area contributed by atoms with Gasteiger partial charge in [-0.2, -0.15) is 0 Å². The number of phenolic OH excluding ortho intramolecular Hbond substituents is 1. The van der Waals surface area contributed by atoms with Crippen LogP contribution in [0.3, 0.4) is 0 Å². The van der Waals surface area contributed by atoms with Crippen molar-refractivity contribution in [2.24, 2.45) is 0 Å². The molecule has 0 heterocycles. The molecule has 19 heavy (non-hydrogen) atoms. The molecule has 0 aromatic heterocycles. The van der Waals surface area contributed by atoms with Crippen molar-refractivity contribution in [2.45, 2.75) is 6.42 Å². The lowest BCUT2D eigenvalue weighted by Gasteiger charge is -2.06. The first kappa shape index (κ1) is 13.4. The first-order chi connectivity index (χ1) is 9.16. The molecule has 2 rings (SSSR count). The van der Waals surface area contributed by atoms with E-state index in [1.807, 2.05) is 12.1 Å². The molecule has 0 saturated heterocycles. The molecule has 2 N–H and O–H groups in total. The van der Waals surface area contributed by atoms with Gasteiger partial charge in [-0.3, -0.25) is 4.79 Å². The fraction of sp³-hybridized carbons (Fsp3) is 0.133. The summed E-state index contributed by atoms with van der Waals surface area (Å²) in [7, 11) is 0. The number of rotatable bonds is 4. The summed E-state index contributed by atoms with van der Waals surface area (Å²) in [6, 6.07) is 13.9. The molecule has 0 saturated carbocycles. The second-order valence-corrected chi connectivity index (χ2v) is 4.56. The van der Waals surface area contributed by atoms with Crippen molar-refractivity contribution in [1.82, 2.24) is 5.32 Å². The summed E-state index contributed by atoms with van der Waals surface area (Å²) < 4.78 is 0. The predicted molar refractivity (Wildman–Crippen MR) is 75.6 cm³/mol. The maximum Gasteiger partial charge on any atom is 0.252 e. The second-order valence-electron chi connectivity index (χ2n) is 4.15. The highest BCUT2D eigenvalue weighted by atomic mass is 35.5. The third-order valence-corrected chi connectivity index (χ3v) is 3.08. The topological polar surface area (TPSA) is 49.3 Å². The van der Waals surface area contributed by atoms with Gasteiger partial charge in [-0.05, 0) is 36.2 Å². The molecule has 2 aromatic carbocycles. The van der Waals surface area contributed by atoms with Crippen molar-refractivity contribution < 1.29 is 9.90 Å². The van der Waals surface area contributed by atoms with Gasteiger partial charge in [0, 0.05) is 6.54 Å². The minimum absolute atomic E-state index is 0.177. The Bertz CT molecular complexity index is 567. The van der Waals surface area contributed by atoms with E-state index in [0.717, 1.165) is 5.56 Å². The number of aromatic hydroxyl groups is 1. The van der Waals surface area contributed by atoms with Crippen molar-refractivity contribution in [2.75, 3.05) is 6.54 Å². The number of amides is 1. The summed E-state index contributed by atoms with van der Waals surface area (Å²) >= 11 is 5.94. The molecule has 4 heteroatoms. The van der Waals surface area contributed by atoms with E-state index in [0.29, 0.717) is 23.6 Å². The van der Waals surface area contributed by atoms with Crippen LogP contribution in [0.5, 0.6) is 5.75 Å². The third-order valence-electron chi connectivity index (χ3n) is 2.75. The minimum atomic E-state index is -0.177. The Balaban J connectivity index is 1.88. The quantitative estimate of drug-likeness (QED) is 0.901. The van der Waals surface area contributed by atoms with Gasteiger partial charge in [0.05, 0.1) is 10.6 Å². The van der Waals surface area contributed by atoms with Crippen LogP contribution in [0.1, 0.15) is 15.9 Å². The zero-order chi connectivity index (χ0) is 13.7. The zero-order valence-corrected chi connectivity index (χ0v) is 11.0. The number of phenols is 1. The number of carbonyl (C=O) groups excluding carboxylic acids is 1. The average Bonchev–Trinajstić information content (AvgIpc) is 2.41. The minimum Gasteiger partial charge on any atom is -0.508 e. The summed E-state index contributed by atoms with van der Waals surface area (Å²) in [4.78, 5) is 11.9. The van der Waals surface area contributed by atoms with Gasteiger partial charge in [0.1, 0.15) is 5.75 Å². The fourth-order valence-corrected chi connectivity index (χ4v) is 1.95. The standard InChI is InChI=1S/C15H14ClNO2/c16-14-4-2-1-3-13(14)15(19)17-10-9-11-5-7-12(18)8-6-11/h1-8,18H,9-10H2,(H,17,19). The molecule has 0 aliphatic rings. The molecule has 98 valence electrons. The van der Waals surface area contributed by atoms with E-state index in [2.05, 4.69) is 5.32 Å². The van der Waals surface area contributed by atoms with Gasteiger partial charge in [-0.15, -0.1) is 0 Å². The summed E-state index contributed by atoms with van der Waals surface area (Å²) in [5.41, 5.74) is 1.53. The van der Waals surface area contributed by atoms with Crippen LogP contribution in [0.2, 0.25) is 5.02 Å². The van der Waals surface area contributed by atoms with E-state index in [-0.39, 0.29) is 11.7 Å². The normalized spacial score (nSPS) is 10.2. The number of halogens is 1. The molecule has 0 aliphatic carbocycles. The highest BCUT2D eigenvalue weighted by molar-refractivity contribution is 6.33. The van der Waals surface area contributed by atoms with Gasteiger partial charge in [0.15, 0.2) is 0 Å². The van der Waals surface area contributed by atoms with Crippen molar-refractivity contribution >= 4 is 17.5 Å². The molecule has 0 radical (unpaired) electrons. The lowest BCUT2D eigenvalue weighted by Crippen LogP contribution is -2.25. The lowest BCUT2D eigenvalue weighted by atomic mass is 10.1. The highest BCUT2D eigenvalue weighted by Gasteiger charge is 2.08. The number of hydrogen-bond acceptors (Lipinski definition) is 2. The van der Waals surface area contributed by atoms with Crippen molar-refractivity contribution in [1.29, 1.82) is 0 Å². The fourth-order valence-electron chi connectivity index (χ4n) is 1.72. The molecule has 0 bridgehead atoms. The van der Waals surface area contributed by atoms with Crippen LogP contribution in [-0.2, 0) is 6.42 Å². The van der Waals surface area contributed by atoms with Crippen LogP contribution < -0.4 is 5.32 Å². The van der Waals surface area contributed by atoms with Gasteiger partial charge in [-0.25, -0.2) is 0 Å². The van der Waals surface area contributed by atoms with Crippen LogP contribution in [0.15, 0.2) is 48.5 Å². The van der Waals surface area contributed by atoms with Crippen molar-refractivity contribution in [3.63, 3.8) is 0 Å². The number of hydrogen-bond donors (Lipinski definition) is 2. The summed E-state index contributed by atoms with van der Waals surface area (Å²) in [5, 5.41) is 12.4. The largest absolute Gasteiger partial charge is 0.508 e. The highest BCUT2D eigenvalue weighted by Crippen LogP contribution is 2.14. The Morgan fingerprint density at radius 1 is 1.11 bits per heavy atom. The molecule has 3 nitrogen and oxygen atoms in total. The molecule has 2 aromatic rings. The Kier molecular flexibility index (Phi) is 4.42. The first-order valence-electron chi connectivity index (χ1n) is 5.97. The Morgan fingerprint density at radius 2 is 1.79 bits per heavy atom. The van der Waals surface area contributed by atoms with E-state index in [4.69, 9.17) is 16.7 Å². The van der Waals surface area contributed by atoms with Gasteiger partial charge < -0.3 is 10.4 Å². The summed E-state index contributed by atoms with van der Waals surface area (Å²) in [6.07, 6.45) is 0.705. The van der Waals surface area contributed by atoms with Gasteiger partial charge in [0.2, 0.25) is 0 Å². The molecular formula is C15H14ClNO2. The molecule has 0 atom stereocenters. The van der Waals surface area contributed by atoms with Crippen LogP contribution in [-0.4, -0.2) is 17.6 Å². The Hall–Kier alpha value is -2.00. The number of carbonyl (C=O) groups is 1. The van der Waals surface area contributed by atoms with Crippen molar-refractivity contribution in [3.05, 3.63) is 64.7 Å². The molecule has 0 fully saturated rings. The number of benzene rings is 2. The molecule has 0 unspecified atom stereocenters. The third kappa shape index (κ3) is 3.73. The van der Waals surface area contributed by atoms with Crippen LogP contribution >= 0.6 is 11.6 Å². The van der Waals surface area contributed by atoms with Gasteiger partial charge >= 0.3 is 0 Å². The molecular weight excluding hydrogens is 262 g/mol. The van der Waals surface area contributed by atoms with E-state index < -0.39 is 0 Å². The monoisotopic (exact) mass is 275 g/mol. The van der Waals surface area contributed by atoms with Crippen LogP contribution in [0.25, 0.3) is 0 Å². The number of nitrogens with one attached hydrogen (secondary N) is 1. The van der Waals surface area contributed by atoms with E-state index >= 15 is 0 Å². The smallest absolute Gasteiger partial charge is 0.252 e. The Labute approximate surface area is 116 Å². The first-order valence-corrected chi connectivity index (χ1v) is 6.35. The zero-order valence-electron chi connectivity index (χ0n) is 10.3. The van der Waals surface area contributed by atoms with E-state index in [9.17, 15) is 4.79 Å². The molecule has 0 spiro atoms. The van der Waals surface area contributed by atoms with Gasteiger partial charge in [-0.1, -0.05) is 35.9 Å². The van der Waals surface area contributed by atoms with Crippen LogP contribution in [0.4, 0.5) is 0 Å². The van der Waals surface area contributed by atoms with E-state index in [1.165, 1.54) is 0 Å². The van der Waals surface area contributed by atoms with Crippen molar-refractivity contribution in [3.8, 4) is 5.75 Å². The molecule has 1 amide bonds. The van der Waals surface area contributed by atoms with Gasteiger partial charge in [0.25, 0.3) is 5.91 Å². The van der Waals surface area contributed by atoms with E-state index in [1.54, 1.807) is 36.4 Å². The Morgan fingerprint density at radius 3 is 2.47 bits per heavy atom. The lowest BCUT2D eigenvalue weighted by molar-refractivity contribution is 0.0954. The SMILES string of the molecule is O=C(NCCc1ccc(O)cc1)c1ccccc1Cl. The maximum absolute atomic E-state index is 11.9. The average molecular weight is 276 g/mol. The summed E-state index contributed by atoms with van der Waals surface area (Å²) in [6.45, 7) is 0.523.